The molecule has 1 aromatic rings. The molecule has 1 aliphatic rings. The van der Waals surface area contributed by atoms with Crippen LogP contribution in [0.3, 0.4) is 0 Å². The van der Waals surface area contributed by atoms with Gasteiger partial charge < -0.3 is 5.73 Å². The van der Waals surface area contributed by atoms with Crippen LogP contribution in [0.25, 0.3) is 0 Å². The molecule has 0 bridgehead atoms. The SMILES string of the molecule is Cn1nnc(CC(N)C2CC2(C)C)n1. The number of tetrazole rings is 1. The van der Waals surface area contributed by atoms with E-state index in [4.69, 9.17) is 5.73 Å². The molecule has 0 saturated heterocycles. The molecular formula is C9H17N5. The van der Waals surface area contributed by atoms with Gasteiger partial charge in [-0.3, -0.25) is 0 Å². The average Bonchev–Trinajstić information content (AvgIpc) is 2.51. The normalized spacial score (nSPS) is 26.1. The Balaban J connectivity index is 1.93. The van der Waals surface area contributed by atoms with Gasteiger partial charge in [0.15, 0.2) is 5.82 Å². The molecule has 0 spiro atoms. The molecule has 14 heavy (non-hydrogen) atoms. The van der Waals surface area contributed by atoms with Crippen molar-refractivity contribution in [3.8, 4) is 0 Å². The molecule has 2 rings (SSSR count). The lowest BCUT2D eigenvalue weighted by Gasteiger charge is -2.10. The summed E-state index contributed by atoms with van der Waals surface area (Å²) >= 11 is 0. The van der Waals surface area contributed by atoms with Crippen LogP contribution in [0.1, 0.15) is 26.1 Å². The first kappa shape index (κ1) is 9.58. The van der Waals surface area contributed by atoms with Crippen molar-refractivity contribution >= 4 is 0 Å². The highest BCUT2D eigenvalue weighted by Gasteiger charge is 2.48. The van der Waals surface area contributed by atoms with Crippen molar-refractivity contribution in [3.05, 3.63) is 5.82 Å². The smallest absolute Gasteiger partial charge is 0.176 e. The third-order valence-electron chi connectivity index (χ3n) is 3.07. The van der Waals surface area contributed by atoms with Crippen molar-refractivity contribution < 1.29 is 0 Å². The van der Waals surface area contributed by atoms with E-state index in [9.17, 15) is 0 Å². The van der Waals surface area contributed by atoms with Crippen LogP contribution in [0.2, 0.25) is 0 Å². The second-order valence-electron chi connectivity index (χ2n) is 4.86. The fourth-order valence-electron chi connectivity index (χ4n) is 2.00. The summed E-state index contributed by atoms with van der Waals surface area (Å²) in [5.41, 5.74) is 6.50. The van der Waals surface area contributed by atoms with Crippen LogP contribution in [0.15, 0.2) is 0 Å². The average molecular weight is 195 g/mol. The van der Waals surface area contributed by atoms with Gasteiger partial charge in [0, 0.05) is 12.5 Å². The number of hydrogen-bond acceptors (Lipinski definition) is 4. The van der Waals surface area contributed by atoms with E-state index in [-0.39, 0.29) is 6.04 Å². The van der Waals surface area contributed by atoms with E-state index in [1.807, 2.05) is 0 Å². The fraction of sp³-hybridized carbons (Fsp3) is 0.889. The van der Waals surface area contributed by atoms with Crippen LogP contribution in [-0.4, -0.2) is 26.2 Å². The van der Waals surface area contributed by atoms with Crippen molar-refractivity contribution in [2.75, 3.05) is 0 Å². The number of aryl methyl sites for hydroxylation is 1. The Hall–Kier alpha value is -0.970. The van der Waals surface area contributed by atoms with Gasteiger partial charge in [-0.25, -0.2) is 0 Å². The first-order valence-corrected chi connectivity index (χ1v) is 4.97. The standard InChI is InChI=1S/C9H17N5/c1-9(2)5-6(9)7(10)4-8-11-13-14(3)12-8/h6-7H,4-5,10H2,1-3H3. The predicted octanol–water partition coefficient (Wildman–Crippen LogP) is 0.126. The minimum Gasteiger partial charge on any atom is -0.327 e. The number of hydrogen-bond donors (Lipinski definition) is 1. The Morgan fingerprint density at radius 3 is 2.71 bits per heavy atom. The maximum absolute atomic E-state index is 6.08. The second kappa shape index (κ2) is 3.02. The summed E-state index contributed by atoms with van der Waals surface area (Å²) in [6.45, 7) is 4.50. The van der Waals surface area contributed by atoms with E-state index in [1.165, 1.54) is 11.2 Å². The quantitative estimate of drug-likeness (QED) is 0.744. The van der Waals surface area contributed by atoms with Crippen molar-refractivity contribution in [2.24, 2.45) is 24.1 Å². The van der Waals surface area contributed by atoms with Crippen LogP contribution in [-0.2, 0) is 13.5 Å². The minimum absolute atomic E-state index is 0.175. The number of nitrogens with zero attached hydrogens (tertiary/aromatic N) is 4. The Kier molecular flexibility index (Phi) is 2.06. The van der Waals surface area contributed by atoms with Crippen molar-refractivity contribution in [1.82, 2.24) is 20.2 Å². The third-order valence-corrected chi connectivity index (χ3v) is 3.07. The Labute approximate surface area is 83.7 Å². The van der Waals surface area contributed by atoms with Gasteiger partial charge in [0.2, 0.25) is 0 Å². The van der Waals surface area contributed by atoms with Crippen molar-refractivity contribution in [1.29, 1.82) is 0 Å². The van der Waals surface area contributed by atoms with Gasteiger partial charge in [-0.2, -0.15) is 4.80 Å². The Bertz CT molecular complexity index is 330. The lowest BCUT2D eigenvalue weighted by molar-refractivity contribution is 0.470. The summed E-state index contributed by atoms with van der Waals surface area (Å²) in [5.74, 6) is 1.37. The van der Waals surface area contributed by atoms with Crippen LogP contribution in [0.5, 0.6) is 0 Å². The second-order valence-corrected chi connectivity index (χ2v) is 4.86. The maximum Gasteiger partial charge on any atom is 0.176 e. The molecule has 1 aromatic heterocycles. The van der Waals surface area contributed by atoms with E-state index >= 15 is 0 Å². The topological polar surface area (TPSA) is 69.6 Å². The van der Waals surface area contributed by atoms with Gasteiger partial charge in [0.1, 0.15) is 0 Å². The van der Waals surface area contributed by atoms with Gasteiger partial charge >= 0.3 is 0 Å². The molecular weight excluding hydrogens is 178 g/mol. The molecule has 0 radical (unpaired) electrons. The van der Waals surface area contributed by atoms with Crippen LogP contribution in [0.4, 0.5) is 0 Å². The van der Waals surface area contributed by atoms with Gasteiger partial charge in [0.25, 0.3) is 0 Å². The van der Waals surface area contributed by atoms with Gasteiger partial charge in [-0.05, 0) is 23.0 Å². The maximum atomic E-state index is 6.08. The number of nitrogens with two attached hydrogens (primary N) is 1. The molecule has 1 saturated carbocycles. The highest BCUT2D eigenvalue weighted by molar-refractivity contribution is 5.03. The molecule has 2 unspecified atom stereocenters. The monoisotopic (exact) mass is 195 g/mol. The lowest BCUT2D eigenvalue weighted by Crippen LogP contribution is -2.27. The summed E-state index contributed by atoms with van der Waals surface area (Å²) in [5, 5.41) is 11.8. The Morgan fingerprint density at radius 1 is 1.64 bits per heavy atom. The molecule has 5 nitrogen and oxygen atoms in total. The van der Waals surface area contributed by atoms with E-state index in [2.05, 4.69) is 29.3 Å². The predicted molar refractivity (Wildman–Crippen MR) is 52.4 cm³/mol. The van der Waals surface area contributed by atoms with Gasteiger partial charge in [-0.15, -0.1) is 10.2 Å². The van der Waals surface area contributed by atoms with E-state index in [0.29, 0.717) is 11.3 Å². The molecule has 2 atom stereocenters. The van der Waals surface area contributed by atoms with E-state index in [1.54, 1.807) is 7.05 Å². The summed E-state index contributed by atoms with van der Waals surface area (Å²) < 4.78 is 0. The zero-order valence-corrected chi connectivity index (χ0v) is 8.94. The van der Waals surface area contributed by atoms with Crippen LogP contribution in [0, 0.1) is 11.3 Å². The van der Waals surface area contributed by atoms with Crippen molar-refractivity contribution in [2.45, 2.75) is 32.7 Å². The fourth-order valence-corrected chi connectivity index (χ4v) is 2.00. The molecule has 1 heterocycles. The molecule has 0 amide bonds. The molecule has 78 valence electrons. The first-order valence-electron chi connectivity index (χ1n) is 4.97. The zero-order chi connectivity index (χ0) is 10.3. The zero-order valence-electron chi connectivity index (χ0n) is 8.94. The molecule has 0 aromatic carbocycles. The van der Waals surface area contributed by atoms with Crippen LogP contribution < -0.4 is 5.73 Å². The highest BCUT2D eigenvalue weighted by atomic mass is 15.6. The van der Waals surface area contributed by atoms with E-state index in [0.717, 1.165) is 12.2 Å². The molecule has 2 N–H and O–H groups in total. The largest absolute Gasteiger partial charge is 0.327 e. The first-order chi connectivity index (χ1) is 6.49. The summed E-state index contributed by atoms with van der Waals surface area (Å²) in [7, 11) is 1.77. The van der Waals surface area contributed by atoms with E-state index < -0.39 is 0 Å². The number of aromatic nitrogens is 4. The third kappa shape index (κ3) is 1.77. The Morgan fingerprint density at radius 2 is 2.29 bits per heavy atom. The highest BCUT2D eigenvalue weighted by Crippen LogP contribution is 2.53. The number of rotatable bonds is 3. The lowest BCUT2D eigenvalue weighted by atomic mass is 10.0. The molecule has 1 fully saturated rings. The van der Waals surface area contributed by atoms with Crippen molar-refractivity contribution in [3.63, 3.8) is 0 Å². The van der Waals surface area contributed by atoms with Gasteiger partial charge in [-0.1, -0.05) is 13.8 Å². The summed E-state index contributed by atoms with van der Waals surface area (Å²) in [6.07, 6.45) is 1.95. The molecule has 1 aliphatic carbocycles. The summed E-state index contributed by atoms with van der Waals surface area (Å²) in [4.78, 5) is 1.47. The van der Waals surface area contributed by atoms with Gasteiger partial charge in [0.05, 0.1) is 7.05 Å². The minimum atomic E-state index is 0.175. The molecule has 0 aliphatic heterocycles. The summed E-state index contributed by atoms with van der Waals surface area (Å²) in [6, 6.07) is 0.175. The molecule has 5 heteroatoms. The van der Waals surface area contributed by atoms with Crippen LogP contribution >= 0.6 is 0 Å².